The van der Waals surface area contributed by atoms with Crippen LogP contribution in [0.5, 0.6) is 5.75 Å². The van der Waals surface area contributed by atoms with Crippen molar-refractivity contribution < 1.29 is 4.18 Å². The fourth-order valence-electron chi connectivity index (χ4n) is 1.74. The van der Waals surface area contributed by atoms with Gasteiger partial charge in [-0.2, -0.15) is 5.26 Å². The summed E-state index contributed by atoms with van der Waals surface area (Å²) in [5, 5.41) is 8.71. The molecule has 1 aromatic carbocycles. The number of nitrogens with zero attached hydrogens (tertiary/aromatic N) is 2. The largest absolute Gasteiger partial charge is 0.429 e. The van der Waals surface area contributed by atoms with E-state index in [4.69, 9.17) is 9.44 Å². The third-order valence-corrected chi connectivity index (χ3v) is 3.10. The maximum absolute atomic E-state index is 8.71. The molecule has 0 bridgehead atoms. The van der Waals surface area contributed by atoms with Gasteiger partial charge in [0.25, 0.3) is 0 Å². The Bertz CT molecular complexity index is 558. The lowest BCUT2D eigenvalue weighted by Gasteiger charge is -2.12. The van der Waals surface area contributed by atoms with Gasteiger partial charge in [0.1, 0.15) is 17.5 Å². The van der Waals surface area contributed by atoms with Crippen molar-refractivity contribution in [2.75, 3.05) is 0 Å². The second-order valence-electron chi connectivity index (χ2n) is 3.97. The normalized spacial score (nSPS) is 11.6. The number of hydrogen-bond acceptors (Lipinski definition) is 4. The van der Waals surface area contributed by atoms with E-state index in [1.54, 1.807) is 12.3 Å². The summed E-state index contributed by atoms with van der Waals surface area (Å²) in [5.41, 5.74) is 2.67. The zero-order valence-corrected chi connectivity index (χ0v) is 10.8. The van der Waals surface area contributed by atoms with E-state index >= 15 is 0 Å². The molecule has 18 heavy (non-hydrogen) atoms. The molecule has 1 atom stereocenters. The fraction of sp³-hybridized carbons (Fsp3) is 0.143. The van der Waals surface area contributed by atoms with Crippen molar-refractivity contribution in [2.45, 2.75) is 12.8 Å². The molecule has 0 fully saturated rings. The van der Waals surface area contributed by atoms with Gasteiger partial charge in [0.2, 0.25) is 0 Å². The first kappa shape index (κ1) is 12.5. The summed E-state index contributed by atoms with van der Waals surface area (Å²) in [6, 6.07) is 13.4. The molecule has 0 radical (unpaired) electrons. The third kappa shape index (κ3) is 2.63. The van der Waals surface area contributed by atoms with E-state index in [9.17, 15) is 0 Å². The molecule has 1 aromatic heterocycles. The molecule has 1 heterocycles. The first-order valence-electron chi connectivity index (χ1n) is 5.52. The molecule has 4 heteroatoms. The van der Waals surface area contributed by atoms with Gasteiger partial charge >= 0.3 is 0 Å². The minimum absolute atomic E-state index is 0.221. The highest BCUT2D eigenvalue weighted by atomic mass is 32.1. The number of thiol groups is 1. The van der Waals surface area contributed by atoms with Crippen molar-refractivity contribution in [3.63, 3.8) is 0 Å². The third-order valence-electron chi connectivity index (χ3n) is 2.89. The molecule has 2 aromatic rings. The predicted molar refractivity (Wildman–Crippen MR) is 72.5 cm³/mol. The Kier molecular flexibility index (Phi) is 3.85. The molecule has 0 aliphatic carbocycles. The first-order chi connectivity index (χ1) is 8.74. The molecular formula is C14H12N2OS. The Morgan fingerprint density at radius 1 is 1.17 bits per heavy atom. The Balaban J connectivity index is 2.23. The Morgan fingerprint density at radius 2 is 1.83 bits per heavy atom. The minimum atomic E-state index is 0.221. The highest BCUT2D eigenvalue weighted by Gasteiger charge is 2.09. The van der Waals surface area contributed by atoms with Crippen LogP contribution in [0.1, 0.15) is 29.7 Å². The van der Waals surface area contributed by atoms with Gasteiger partial charge in [0.05, 0.1) is 0 Å². The van der Waals surface area contributed by atoms with Crippen LogP contribution in [-0.4, -0.2) is 4.98 Å². The van der Waals surface area contributed by atoms with Crippen LogP contribution in [0.3, 0.4) is 0 Å². The smallest absolute Gasteiger partial charge is 0.140 e. The lowest BCUT2D eigenvalue weighted by atomic mass is 9.94. The summed E-state index contributed by atoms with van der Waals surface area (Å²) < 4.78 is 4.83. The number of benzene rings is 1. The van der Waals surface area contributed by atoms with E-state index in [2.05, 4.69) is 24.8 Å². The number of rotatable bonds is 3. The van der Waals surface area contributed by atoms with Crippen LogP contribution in [0.4, 0.5) is 0 Å². The SMILES string of the molecule is CC(c1ccc(OS)cc1)c1ccc(C#N)nc1. The van der Waals surface area contributed by atoms with Gasteiger partial charge in [-0.25, -0.2) is 4.98 Å². The second-order valence-corrected chi connectivity index (χ2v) is 4.15. The quantitative estimate of drug-likeness (QED) is 0.676. The maximum Gasteiger partial charge on any atom is 0.140 e. The Morgan fingerprint density at radius 3 is 2.33 bits per heavy atom. The minimum Gasteiger partial charge on any atom is -0.429 e. The molecule has 0 saturated carbocycles. The van der Waals surface area contributed by atoms with Crippen molar-refractivity contribution in [3.8, 4) is 11.8 Å². The van der Waals surface area contributed by atoms with E-state index in [-0.39, 0.29) is 5.92 Å². The molecule has 3 nitrogen and oxygen atoms in total. The molecule has 2 rings (SSSR count). The topological polar surface area (TPSA) is 45.9 Å². The van der Waals surface area contributed by atoms with E-state index < -0.39 is 0 Å². The molecule has 0 N–H and O–H groups in total. The number of nitriles is 1. The van der Waals surface area contributed by atoms with Gasteiger partial charge < -0.3 is 4.18 Å². The molecule has 90 valence electrons. The van der Waals surface area contributed by atoms with E-state index in [1.165, 1.54) is 0 Å². The van der Waals surface area contributed by atoms with Crippen LogP contribution >= 0.6 is 12.9 Å². The van der Waals surface area contributed by atoms with Crippen LogP contribution in [0.2, 0.25) is 0 Å². The standard InChI is InChI=1S/C14H12N2OS/c1-10(11-3-6-14(17-18)7-4-11)12-2-5-13(8-15)16-9-12/h2-7,9-10,18H,1H3. The molecule has 0 saturated heterocycles. The van der Waals surface area contributed by atoms with Crippen molar-refractivity contribution in [1.82, 2.24) is 4.98 Å². The second kappa shape index (κ2) is 5.56. The van der Waals surface area contributed by atoms with Crippen LogP contribution in [0.15, 0.2) is 42.6 Å². The highest BCUT2D eigenvalue weighted by Crippen LogP contribution is 2.25. The van der Waals surface area contributed by atoms with Crippen LogP contribution in [0, 0.1) is 11.3 Å². The average molecular weight is 256 g/mol. The summed E-state index contributed by atoms with van der Waals surface area (Å²) in [7, 11) is 0. The van der Waals surface area contributed by atoms with Crippen molar-refractivity contribution >= 4 is 12.9 Å². The van der Waals surface area contributed by atoms with Crippen molar-refractivity contribution in [2.24, 2.45) is 0 Å². The molecule has 0 aliphatic heterocycles. The molecular weight excluding hydrogens is 244 g/mol. The molecule has 0 amide bonds. The summed E-state index contributed by atoms with van der Waals surface area (Å²) >= 11 is 3.75. The Hall–Kier alpha value is -1.99. The lowest BCUT2D eigenvalue weighted by molar-refractivity contribution is 0.658. The summed E-state index contributed by atoms with van der Waals surface area (Å²) in [4.78, 5) is 4.08. The van der Waals surface area contributed by atoms with Gasteiger partial charge in [0.15, 0.2) is 0 Å². The highest BCUT2D eigenvalue weighted by molar-refractivity contribution is 7.75. The fourth-order valence-corrected chi connectivity index (χ4v) is 1.86. The van der Waals surface area contributed by atoms with E-state index in [0.29, 0.717) is 11.4 Å². The summed E-state index contributed by atoms with van der Waals surface area (Å²) in [5.74, 6) is 0.937. The maximum atomic E-state index is 8.71. The lowest BCUT2D eigenvalue weighted by Crippen LogP contribution is -1.97. The number of hydrogen-bond donors (Lipinski definition) is 1. The zero-order valence-electron chi connectivity index (χ0n) is 9.87. The zero-order chi connectivity index (χ0) is 13.0. The number of aromatic nitrogens is 1. The predicted octanol–water partition coefficient (Wildman–Crippen LogP) is 3.33. The van der Waals surface area contributed by atoms with Crippen molar-refractivity contribution in [1.29, 1.82) is 5.26 Å². The monoisotopic (exact) mass is 256 g/mol. The van der Waals surface area contributed by atoms with Crippen LogP contribution < -0.4 is 4.18 Å². The molecule has 0 spiro atoms. The van der Waals surface area contributed by atoms with Gasteiger partial charge in [-0.05, 0) is 29.3 Å². The van der Waals surface area contributed by atoms with Crippen molar-refractivity contribution in [3.05, 3.63) is 59.4 Å². The average Bonchev–Trinajstić information content (AvgIpc) is 2.47. The van der Waals surface area contributed by atoms with E-state index in [0.717, 1.165) is 11.1 Å². The Labute approximate surface area is 112 Å². The van der Waals surface area contributed by atoms with Gasteiger partial charge in [0, 0.05) is 25.0 Å². The summed E-state index contributed by atoms with van der Waals surface area (Å²) in [6.45, 7) is 2.10. The van der Waals surface area contributed by atoms with Crippen LogP contribution in [-0.2, 0) is 0 Å². The molecule has 0 aliphatic rings. The van der Waals surface area contributed by atoms with Gasteiger partial charge in [-0.1, -0.05) is 25.1 Å². The van der Waals surface area contributed by atoms with Crippen LogP contribution in [0.25, 0.3) is 0 Å². The van der Waals surface area contributed by atoms with Gasteiger partial charge in [-0.3, -0.25) is 0 Å². The van der Waals surface area contributed by atoms with Gasteiger partial charge in [-0.15, -0.1) is 0 Å². The summed E-state index contributed by atoms with van der Waals surface area (Å²) in [6.07, 6.45) is 1.74. The van der Waals surface area contributed by atoms with E-state index in [1.807, 2.05) is 36.4 Å². The molecule has 1 unspecified atom stereocenters. The number of pyridine rings is 1. The first-order valence-corrected chi connectivity index (χ1v) is 5.88.